The number of aromatic nitrogens is 1. The maximum absolute atomic E-state index is 12.4. The van der Waals surface area contributed by atoms with E-state index in [1.54, 1.807) is 6.07 Å². The van der Waals surface area contributed by atoms with Gasteiger partial charge in [-0.2, -0.15) is 0 Å². The molecular weight excluding hydrogens is 334 g/mol. The highest BCUT2D eigenvalue weighted by Crippen LogP contribution is 2.29. The highest BCUT2D eigenvalue weighted by molar-refractivity contribution is 5.96. The predicted molar refractivity (Wildman–Crippen MR) is 95.2 cm³/mol. The van der Waals surface area contributed by atoms with Crippen molar-refractivity contribution in [1.29, 1.82) is 0 Å². The second-order valence-electron chi connectivity index (χ2n) is 5.80. The number of ether oxygens (including phenoxy) is 2. The van der Waals surface area contributed by atoms with Crippen LogP contribution in [-0.2, 0) is 11.3 Å². The molecule has 0 saturated heterocycles. The first-order chi connectivity index (χ1) is 12.7. The fourth-order valence-electron chi connectivity index (χ4n) is 2.83. The molecule has 0 radical (unpaired) electrons. The van der Waals surface area contributed by atoms with Gasteiger partial charge >= 0.3 is 5.97 Å². The Balaban J connectivity index is 1.54. The summed E-state index contributed by atoms with van der Waals surface area (Å²) in [6.07, 6.45) is 0. The summed E-state index contributed by atoms with van der Waals surface area (Å²) >= 11 is 0. The van der Waals surface area contributed by atoms with Gasteiger partial charge in [0.05, 0.1) is 6.61 Å². The van der Waals surface area contributed by atoms with Crippen LogP contribution in [0.25, 0.3) is 22.1 Å². The largest absolute Gasteiger partial charge is 0.494 e. The Hall–Kier alpha value is -3.28. The number of carbonyl (C=O) groups is 1. The van der Waals surface area contributed by atoms with E-state index in [-0.39, 0.29) is 12.4 Å². The summed E-state index contributed by atoms with van der Waals surface area (Å²) in [6.45, 7) is 4.24. The van der Waals surface area contributed by atoms with Gasteiger partial charge in [-0.3, -0.25) is 0 Å². The van der Waals surface area contributed by atoms with Gasteiger partial charge in [-0.25, -0.2) is 9.78 Å². The smallest absolute Gasteiger partial charge is 0.375 e. The van der Waals surface area contributed by atoms with E-state index in [1.807, 2.05) is 50.2 Å². The van der Waals surface area contributed by atoms with Crippen LogP contribution in [0, 0.1) is 6.92 Å². The van der Waals surface area contributed by atoms with E-state index in [2.05, 4.69) is 4.98 Å². The monoisotopic (exact) mass is 351 g/mol. The van der Waals surface area contributed by atoms with Crippen molar-refractivity contribution in [1.82, 2.24) is 4.98 Å². The second kappa shape index (κ2) is 6.55. The normalized spacial score (nSPS) is 11.2. The first kappa shape index (κ1) is 16.2. The fraction of sp³-hybridized carbons (Fsp3) is 0.200. The molecule has 0 amide bonds. The lowest BCUT2D eigenvalue weighted by Crippen LogP contribution is -2.05. The van der Waals surface area contributed by atoms with Crippen LogP contribution in [0.1, 0.15) is 28.9 Å². The molecule has 0 fully saturated rings. The highest BCUT2D eigenvalue weighted by atomic mass is 16.6. The summed E-state index contributed by atoms with van der Waals surface area (Å²) in [6, 6.07) is 12.8. The van der Waals surface area contributed by atoms with Gasteiger partial charge in [-0.1, -0.05) is 12.1 Å². The summed E-state index contributed by atoms with van der Waals surface area (Å²) in [7, 11) is 0. The lowest BCUT2D eigenvalue weighted by Gasteiger charge is -2.01. The minimum Gasteiger partial charge on any atom is -0.494 e. The van der Waals surface area contributed by atoms with E-state index in [1.165, 1.54) is 0 Å². The molecule has 0 aliphatic rings. The number of esters is 1. The maximum Gasteiger partial charge on any atom is 0.375 e. The van der Waals surface area contributed by atoms with Crippen molar-refractivity contribution < 1.29 is 23.1 Å². The van der Waals surface area contributed by atoms with Crippen molar-refractivity contribution in [2.45, 2.75) is 20.5 Å². The number of aryl methyl sites for hydroxylation is 1. The number of oxazole rings is 1. The molecule has 6 nitrogen and oxygen atoms in total. The zero-order valence-electron chi connectivity index (χ0n) is 14.4. The van der Waals surface area contributed by atoms with Gasteiger partial charge < -0.3 is 18.3 Å². The van der Waals surface area contributed by atoms with E-state index in [9.17, 15) is 4.79 Å². The molecule has 0 bridgehead atoms. The quantitative estimate of drug-likeness (QED) is 0.488. The van der Waals surface area contributed by atoms with Gasteiger partial charge in [-0.05, 0) is 44.2 Å². The molecule has 2 heterocycles. The number of furan rings is 1. The van der Waals surface area contributed by atoms with Crippen LogP contribution in [0.2, 0.25) is 0 Å². The van der Waals surface area contributed by atoms with Gasteiger partial charge in [0, 0.05) is 10.9 Å². The van der Waals surface area contributed by atoms with Gasteiger partial charge in [0.1, 0.15) is 16.8 Å². The van der Waals surface area contributed by atoms with Gasteiger partial charge in [0.2, 0.25) is 11.7 Å². The minimum absolute atomic E-state index is 0.0613. The molecule has 4 aromatic rings. The molecule has 0 unspecified atom stereocenters. The molecule has 2 aromatic carbocycles. The van der Waals surface area contributed by atoms with Gasteiger partial charge in [0.25, 0.3) is 0 Å². The number of para-hydroxylation sites is 2. The third kappa shape index (κ3) is 2.90. The van der Waals surface area contributed by atoms with Crippen molar-refractivity contribution in [2.24, 2.45) is 0 Å². The van der Waals surface area contributed by atoms with E-state index >= 15 is 0 Å². The summed E-state index contributed by atoms with van der Waals surface area (Å²) in [5.74, 6) is 0.686. The number of benzene rings is 2. The Labute approximate surface area is 149 Å². The number of hydrogen-bond acceptors (Lipinski definition) is 6. The predicted octanol–water partition coefficient (Wildman–Crippen LogP) is 4.64. The van der Waals surface area contributed by atoms with Crippen molar-refractivity contribution in [3.63, 3.8) is 0 Å². The number of carbonyl (C=O) groups excluding carboxylic acids is 1. The van der Waals surface area contributed by atoms with Crippen LogP contribution in [-0.4, -0.2) is 17.6 Å². The topological polar surface area (TPSA) is 74.7 Å². The molecule has 0 aliphatic heterocycles. The van der Waals surface area contributed by atoms with Gasteiger partial charge in [-0.15, -0.1) is 0 Å². The van der Waals surface area contributed by atoms with Crippen molar-refractivity contribution in [3.8, 4) is 5.75 Å². The highest BCUT2D eigenvalue weighted by Gasteiger charge is 2.20. The molecule has 2 aromatic heterocycles. The van der Waals surface area contributed by atoms with Crippen LogP contribution in [0.3, 0.4) is 0 Å². The van der Waals surface area contributed by atoms with Crippen molar-refractivity contribution >= 4 is 28.0 Å². The molecule has 132 valence electrons. The van der Waals surface area contributed by atoms with Crippen LogP contribution in [0.15, 0.2) is 51.3 Å². The lowest BCUT2D eigenvalue weighted by molar-refractivity contribution is 0.0405. The Morgan fingerprint density at radius 1 is 1.12 bits per heavy atom. The molecule has 4 rings (SSSR count). The molecule has 0 spiro atoms. The third-order valence-electron chi connectivity index (χ3n) is 4.07. The zero-order chi connectivity index (χ0) is 18.1. The van der Waals surface area contributed by atoms with Crippen molar-refractivity contribution in [2.75, 3.05) is 6.61 Å². The molecule has 0 N–H and O–H groups in total. The Kier molecular flexibility index (Phi) is 4.08. The zero-order valence-corrected chi connectivity index (χ0v) is 14.4. The van der Waals surface area contributed by atoms with Crippen LogP contribution < -0.4 is 4.74 Å². The first-order valence-corrected chi connectivity index (χ1v) is 8.33. The van der Waals surface area contributed by atoms with Crippen LogP contribution >= 0.6 is 0 Å². The molecule has 0 aliphatic carbocycles. The average molecular weight is 351 g/mol. The summed E-state index contributed by atoms with van der Waals surface area (Å²) < 4.78 is 22.0. The SMILES string of the molecule is CCOc1ccc2oc(C(=O)OCc3nc4ccccc4o3)c(C)c2c1. The molecule has 6 heteroatoms. The number of hydrogen-bond donors (Lipinski definition) is 0. The van der Waals surface area contributed by atoms with E-state index < -0.39 is 5.97 Å². The Morgan fingerprint density at radius 2 is 1.96 bits per heavy atom. The third-order valence-corrected chi connectivity index (χ3v) is 4.07. The van der Waals surface area contributed by atoms with Crippen LogP contribution in [0.5, 0.6) is 5.75 Å². The van der Waals surface area contributed by atoms with E-state index in [0.29, 0.717) is 29.2 Å². The maximum atomic E-state index is 12.4. The Morgan fingerprint density at radius 3 is 2.77 bits per heavy atom. The van der Waals surface area contributed by atoms with E-state index in [0.717, 1.165) is 16.7 Å². The lowest BCUT2D eigenvalue weighted by atomic mass is 10.1. The van der Waals surface area contributed by atoms with Crippen LogP contribution in [0.4, 0.5) is 0 Å². The molecular formula is C20H17NO5. The number of nitrogens with zero attached hydrogens (tertiary/aromatic N) is 1. The standard InChI is InChI=1S/C20H17NO5/c1-3-23-13-8-9-16-14(10-13)12(2)19(26-16)20(22)24-11-18-21-15-6-4-5-7-17(15)25-18/h4-10H,3,11H2,1-2H3. The van der Waals surface area contributed by atoms with Crippen molar-refractivity contribution in [3.05, 3.63) is 59.7 Å². The Bertz CT molecular complexity index is 1060. The summed E-state index contributed by atoms with van der Waals surface area (Å²) in [5, 5.41) is 0.824. The minimum atomic E-state index is -0.557. The second-order valence-corrected chi connectivity index (χ2v) is 5.80. The fourth-order valence-corrected chi connectivity index (χ4v) is 2.83. The van der Waals surface area contributed by atoms with Gasteiger partial charge in [0.15, 0.2) is 12.2 Å². The molecule has 0 atom stereocenters. The molecule has 26 heavy (non-hydrogen) atoms. The first-order valence-electron chi connectivity index (χ1n) is 8.33. The van der Waals surface area contributed by atoms with E-state index in [4.69, 9.17) is 18.3 Å². The average Bonchev–Trinajstić information content (AvgIpc) is 3.21. The number of rotatable bonds is 5. The number of fused-ring (bicyclic) bond motifs is 2. The summed E-state index contributed by atoms with van der Waals surface area (Å²) in [5.41, 5.74) is 2.70. The summed E-state index contributed by atoms with van der Waals surface area (Å²) in [4.78, 5) is 16.7. The molecule has 0 saturated carbocycles.